The van der Waals surface area contributed by atoms with Crippen LogP contribution < -0.4 is 4.18 Å². The highest BCUT2D eigenvalue weighted by atomic mass is 32.2. The van der Waals surface area contributed by atoms with Gasteiger partial charge in [0.2, 0.25) is 0 Å². The number of hydrogen-bond donors (Lipinski definition) is 0. The summed E-state index contributed by atoms with van der Waals surface area (Å²) in [4.78, 5) is 0. The van der Waals surface area contributed by atoms with Crippen LogP contribution in [0.5, 0.6) is 5.75 Å². The molecule has 0 aromatic heterocycles. The second-order valence-corrected chi connectivity index (χ2v) is 8.32. The minimum atomic E-state index is -3.60. The third kappa shape index (κ3) is 4.95. The lowest BCUT2D eigenvalue weighted by Crippen LogP contribution is -2.29. The van der Waals surface area contributed by atoms with Crippen LogP contribution >= 0.6 is 0 Å². The van der Waals surface area contributed by atoms with Gasteiger partial charge in [-0.15, -0.1) is 0 Å². The fourth-order valence-electron chi connectivity index (χ4n) is 3.58. The second kappa shape index (κ2) is 7.67. The summed E-state index contributed by atoms with van der Waals surface area (Å²) in [6.07, 6.45) is 8.99. The molecule has 0 N–H and O–H groups in total. The van der Waals surface area contributed by atoms with Crippen molar-refractivity contribution < 1.29 is 17.3 Å². The summed E-state index contributed by atoms with van der Waals surface area (Å²) >= 11 is 0. The second-order valence-electron chi connectivity index (χ2n) is 6.70. The van der Waals surface area contributed by atoms with E-state index < -0.39 is 10.1 Å². The van der Waals surface area contributed by atoms with Crippen molar-refractivity contribution in [1.82, 2.24) is 0 Å². The molecule has 23 heavy (non-hydrogen) atoms. The van der Waals surface area contributed by atoms with Crippen LogP contribution in [0.25, 0.3) is 0 Å². The van der Waals surface area contributed by atoms with Gasteiger partial charge in [-0.3, -0.25) is 0 Å². The van der Waals surface area contributed by atoms with E-state index in [0.29, 0.717) is 18.3 Å². The lowest BCUT2D eigenvalue weighted by molar-refractivity contribution is 0.0298. The van der Waals surface area contributed by atoms with Gasteiger partial charge in [-0.05, 0) is 55.7 Å². The van der Waals surface area contributed by atoms with E-state index in [9.17, 15) is 8.42 Å². The number of ether oxygens (including phenoxy) is 1. The Balaban J connectivity index is 1.58. The molecule has 1 aromatic rings. The van der Waals surface area contributed by atoms with Crippen LogP contribution in [-0.4, -0.2) is 26.9 Å². The van der Waals surface area contributed by atoms with Crippen LogP contribution in [0.4, 0.5) is 0 Å². The van der Waals surface area contributed by atoms with Gasteiger partial charge in [0.05, 0.1) is 6.10 Å². The fraction of sp³-hybridized carbons (Fsp3) is 0.667. The van der Waals surface area contributed by atoms with E-state index in [2.05, 4.69) is 0 Å². The maximum absolute atomic E-state index is 12.2. The monoisotopic (exact) mass is 338 g/mol. The molecule has 1 aliphatic carbocycles. The van der Waals surface area contributed by atoms with E-state index in [1.54, 1.807) is 12.1 Å². The molecule has 1 saturated heterocycles. The Labute approximate surface area is 139 Å². The van der Waals surface area contributed by atoms with Gasteiger partial charge < -0.3 is 8.92 Å². The average Bonchev–Trinajstić information content (AvgIpc) is 2.56. The predicted molar refractivity (Wildman–Crippen MR) is 90.3 cm³/mol. The van der Waals surface area contributed by atoms with Gasteiger partial charge in [0, 0.05) is 6.61 Å². The molecule has 1 unspecified atom stereocenters. The standard InChI is InChI=1S/C18H26O4S/c19-23(20,14-18-8-4-5-13-21-18)22-17-11-9-16(10-12-17)15-6-2-1-3-7-15/h9-12,15,18H,1-8,13-14H2. The van der Waals surface area contributed by atoms with E-state index in [4.69, 9.17) is 8.92 Å². The molecule has 0 spiro atoms. The zero-order chi connectivity index (χ0) is 16.1. The number of hydrogen-bond acceptors (Lipinski definition) is 4. The molecule has 0 radical (unpaired) electrons. The van der Waals surface area contributed by atoms with Gasteiger partial charge in [0.15, 0.2) is 0 Å². The van der Waals surface area contributed by atoms with Gasteiger partial charge in [-0.2, -0.15) is 8.42 Å². The van der Waals surface area contributed by atoms with Crippen molar-refractivity contribution >= 4 is 10.1 Å². The fourth-order valence-corrected chi connectivity index (χ4v) is 4.77. The zero-order valence-corrected chi connectivity index (χ0v) is 14.4. The molecule has 0 bridgehead atoms. The highest BCUT2D eigenvalue weighted by molar-refractivity contribution is 7.87. The molecule has 1 aliphatic heterocycles. The van der Waals surface area contributed by atoms with Gasteiger partial charge in [-0.25, -0.2) is 0 Å². The molecule has 3 rings (SSSR count). The third-order valence-corrected chi connectivity index (χ3v) is 6.07. The number of rotatable bonds is 5. The van der Waals surface area contributed by atoms with Crippen LogP contribution in [0.1, 0.15) is 62.8 Å². The quantitative estimate of drug-likeness (QED) is 0.761. The molecule has 4 nitrogen and oxygen atoms in total. The first-order chi connectivity index (χ1) is 11.1. The Morgan fingerprint density at radius 1 is 0.957 bits per heavy atom. The van der Waals surface area contributed by atoms with Crippen molar-refractivity contribution in [3.63, 3.8) is 0 Å². The minimum absolute atomic E-state index is 0.0582. The first kappa shape index (κ1) is 16.8. The molecule has 128 valence electrons. The maximum atomic E-state index is 12.2. The molecule has 2 aliphatic rings. The highest BCUT2D eigenvalue weighted by Gasteiger charge is 2.24. The van der Waals surface area contributed by atoms with Crippen LogP contribution in [0.15, 0.2) is 24.3 Å². The zero-order valence-electron chi connectivity index (χ0n) is 13.6. The summed E-state index contributed by atoms with van der Waals surface area (Å²) in [7, 11) is -3.60. The Morgan fingerprint density at radius 2 is 1.65 bits per heavy atom. The smallest absolute Gasteiger partial charge is 0.311 e. The van der Waals surface area contributed by atoms with Crippen molar-refractivity contribution in [2.24, 2.45) is 0 Å². The molecule has 0 amide bonds. The average molecular weight is 338 g/mol. The van der Waals surface area contributed by atoms with Crippen LogP contribution in [-0.2, 0) is 14.9 Å². The molecule has 1 heterocycles. The summed E-state index contributed by atoms with van der Waals surface area (Å²) in [5.74, 6) is 0.961. The Hall–Kier alpha value is -1.07. The topological polar surface area (TPSA) is 52.6 Å². The molecular formula is C18H26O4S. The summed E-state index contributed by atoms with van der Waals surface area (Å²) in [5, 5.41) is 0. The van der Waals surface area contributed by atoms with E-state index >= 15 is 0 Å². The Bertz CT molecular complexity index is 582. The van der Waals surface area contributed by atoms with Gasteiger partial charge in [-0.1, -0.05) is 31.4 Å². The Morgan fingerprint density at radius 3 is 2.30 bits per heavy atom. The van der Waals surface area contributed by atoms with Gasteiger partial charge in [0.1, 0.15) is 11.5 Å². The normalized spacial score (nSPS) is 23.6. The van der Waals surface area contributed by atoms with Crippen LogP contribution in [0.2, 0.25) is 0 Å². The molecule has 1 saturated carbocycles. The molecule has 1 aromatic carbocycles. The van der Waals surface area contributed by atoms with Gasteiger partial charge >= 0.3 is 10.1 Å². The predicted octanol–water partition coefficient (Wildman–Crippen LogP) is 4.01. The largest absolute Gasteiger partial charge is 0.382 e. The highest BCUT2D eigenvalue weighted by Crippen LogP contribution is 2.33. The molecule has 5 heteroatoms. The summed E-state index contributed by atoms with van der Waals surface area (Å²) in [5.41, 5.74) is 1.30. The summed E-state index contributed by atoms with van der Waals surface area (Å²) in [6.45, 7) is 0.649. The first-order valence-electron chi connectivity index (χ1n) is 8.76. The van der Waals surface area contributed by atoms with Crippen LogP contribution in [0, 0.1) is 0 Å². The van der Waals surface area contributed by atoms with E-state index in [-0.39, 0.29) is 11.9 Å². The lowest BCUT2D eigenvalue weighted by atomic mass is 9.84. The van der Waals surface area contributed by atoms with Crippen LogP contribution in [0.3, 0.4) is 0 Å². The summed E-state index contributed by atoms with van der Waals surface area (Å²) in [6, 6.07) is 7.59. The lowest BCUT2D eigenvalue weighted by Gasteiger charge is -2.23. The molecule has 2 fully saturated rings. The Kier molecular flexibility index (Phi) is 5.59. The van der Waals surface area contributed by atoms with E-state index in [0.717, 1.165) is 19.3 Å². The van der Waals surface area contributed by atoms with Crippen molar-refractivity contribution in [2.75, 3.05) is 12.4 Å². The minimum Gasteiger partial charge on any atom is -0.382 e. The van der Waals surface area contributed by atoms with Crippen molar-refractivity contribution in [2.45, 2.75) is 63.4 Å². The van der Waals surface area contributed by atoms with E-state index in [1.165, 1.54) is 37.7 Å². The molecular weight excluding hydrogens is 312 g/mol. The first-order valence-corrected chi connectivity index (χ1v) is 10.3. The third-order valence-electron chi connectivity index (χ3n) is 4.84. The summed E-state index contributed by atoms with van der Waals surface area (Å²) < 4.78 is 35.0. The van der Waals surface area contributed by atoms with Gasteiger partial charge in [0.25, 0.3) is 0 Å². The van der Waals surface area contributed by atoms with Crippen molar-refractivity contribution in [3.8, 4) is 5.75 Å². The SMILES string of the molecule is O=S(=O)(CC1CCCCO1)Oc1ccc(C2CCCCC2)cc1. The molecule has 1 atom stereocenters. The van der Waals surface area contributed by atoms with Crippen molar-refractivity contribution in [1.29, 1.82) is 0 Å². The maximum Gasteiger partial charge on any atom is 0.311 e. The number of benzene rings is 1. The van der Waals surface area contributed by atoms with Crippen molar-refractivity contribution in [3.05, 3.63) is 29.8 Å². The van der Waals surface area contributed by atoms with E-state index in [1.807, 2.05) is 12.1 Å².